The zero-order valence-electron chi connectivity index (χ0n) is 19.5. The number of ether oxygens (including phenoxy) is 2. The number of amides is 2. The molecular weight excluding hydrogens is 510 g/mol. The molecule has 2 rings (SSSR count). The fourth-order valence-corrected chi connectivity index (χ4v) is 5.41. The normalized spacial score (nSPS) is 18.1. The lowest BCUT2D eigenvalue weighted by molar-refractivity contribution is -0.150. The number of nitriles is 1. The van der Waals surface area contributed by atoms with Gasteiger partial charge in [-0.1, -0.05) is 17.8 Å². The van der Waals surface area contributed by atoms with Crippen LogP contribution in [-0.4, -0.2) is 54.7 Å². The number of thioether (sulfide) groups is 1. The zero-order valence-corrected chi connectivity index (χ0v) is 21.9. The van der Waals surface area contributed by atoms with Gasteiger partial charge in [0.15, 0.2) is 0 Å². The minimum Gasteiger partial charge on any atom is -0.496 e. The average Bonchev–Trinajstić information content (AvgIpc) is 2.75. The molecule has 0 bridgehead atoms. The van der Waals surface area contributed by atoms with Crippen LogP contribution in [0.4, 0.5) is 0 Å². The summed E-state index contributed by atoms with van der Waals surface area (Å²) in [5.74, 6) is -2.95. The van der Waals surface area contributed by atoms with E-state index >= 15 is 0 Å². The lowest BCUT2D eigenvalue weighted by Gasteiger charge is -2.32. The first-order valence-electron chi connectivity index (χ1n) is 10.4. The molecule has 1 heterocycles. The molecule has 1 aliphatic rings. The van der Waals surface area contributed by atoms with Gasteiger partial charge in [0.25, 0.3) is 0 Å². The Balaban J connectivity index is 2.51. The summed E-state index contributed by atoms with van der Waals surface area (Å²) in [6, 6.07) is 7.27. The topological polar surface area (TPSA) is 109 Å². The largest absolute Gasteiger partial charge is 0.496 e. The number of carbonyl (C=O) groups is 3. The molecule has 0 spiro atoms. The molecule has 0 aromatic heterocycles. The maximum atomic E-state index is 13.0. The fraction of sp³-hybridized carbons (Fsp3) is 0.478. The third-order valence-corrected chi connectivity index (χ3v) is 6.88. The monoisotopic (exact) mass is 537 g/mol. The van der Waals surface area contributed by atoms with Crippen molar-refractivity contribution >= 4 is 45.5 Å². The summed E-state index contributed by atoms with van der Waals surface area (Å²) < 4.78 is 10.7. The molecule has 2 atom stereocenters. The molecule has 0 aliphatic carbocycles. The van der Waals surface area contributed by atoms with Crippen molar-refractivity contribution < 1.29 is 23.9 Å². The molecule has 10 heteroatoms. The maximum absolute atomic E-state index is 13.0. The molecular formula is C23H28BrN3O5S. The lowest BCUT2D eigenvalue weighted by Crippen LogP contribution is -2.45. The molecule has 33 heavy (non-hydrogen) atoms. The highest BCUT2D eigenvalue weighted by atomic mass is 79.9. The number of halogens is 1. The van der Waals surface area contributed by atoms with Crippen molar-refractivity contribution in [1.29, 1.82) is 5.26 Å². The lowest BCUT2D eigenvalue weighted by atomic mass is 9.78. The van der Waals surface area contributed by atoms with Crippen molar-refractivity contribution in [2.45, 2.75) is 45.7 Å². The highest BCUT2D eigenvalue weighted by molar-refractivity contribution is 9.10. The number of hydrogen-bond acceptors (Lipinski definition) is 7. The number of esters is 1. The summed E-state index contributed by atoms with van der Waals surface area (Å²) in [5, 5.41) is 12.9. The van der Waals surface area contributed by atoms with Gasteiger partial charge >= 0.3 is 5.97 Å². The third-order valence-electron chi connectivity index (χ3n) is 5.26. The van der Waals surface area contributed by atoms with Crippen LogP contribution in [0.1, 0.15) is 39.2 Å². The number of allylic oxidation sites excluding steroid dienone is 1. The second-order valence-corrected chi connectivity index (χ2v) is 9.83. The Bertz CT molecular complexity index is 994. The van der Waals surface area contributed by atoms with Crippen molar-refractivity contribution in [2.24, 2.45) is 5.92 Å². The molecule has 0 radical (unpaired) electrons. The van der Waals surface area contributed by atoms with Crippen molar-refractivity contribution in [3.05, 3.63) is 38.8 Å². The first kappa shape index (κ1) is 26.7. The molecule has 1 aromatic carbocycles. The van der Waals surface area contributed by atoms with Gasteiger partial charge in [0, 0.05) is 18.0 Å². The Kier molecular flexibility index (Phi) is 9.37. The predicted octanol–water partition coefficient (Wildman–Crippen LogP) is 3.57. The number of nitrogens with one attached hydrogen (secondary N) is 1. The highest BCUT2D eigenvalue weighted by Crippen LogP contribution is 2.42. The van der Waals surface area contributed by atoms with E-state index in [1.54, 1.807) is 23.1 Å². The summed E-state index contributed by atoms with van der Waals surface area (Å²) in [4.78, 5) is 40.0. The molecule has 8 nitrogen and oxygen atoms in total. The van der Waals surface area contributed by atoms with Crippen LogP contribution in [-0.2, 0) is 19.1 Å². The van der Waals surface area contributed by atoms with Crippen molar-refractivity contribution in [3.63, 3.8) is 0 Å². The molecule has 2 amide bonds. The second-order valence-electron chi connectivity index (χ2n) is 7.99. The molecule has 0 unspecified atom stereocenters. The van der Waals surface area contributed by atoms with Crippen LogP contribution < -0.4 is 10.1 Å². The van der Waals surface area contributed by atoms with E-state index in [1.165, 1.54) is 14.2 Å². The molecule has 1 aliphatic heterocycles. The van der Waals surface area contributed by atoms with Gasteiger partial charge in [-0.2, -0.15) is 5.26 Å². The van der Waals surface area contributed by atoms with Crippen LogP contribution in [0.3, 0.4) is 0 Å². The third kappa shape index (κ3) is 5.89. The van der Waals surface area contributed by atoms with Crippen molar-refractivity contribution in [3.8, 4) is 11.8 Å². The van der Waals surface area contributed by atoms with Crippen LogP contribution in [0, 0.1) is 17.2 Å². The number of nitrogens with zero attached hydrogens (tertiary/aromatic N) is 2. The maximum Gasteiger partial charge on any atom is 0.319 e. The number of hydrogen-bond donors (Lipinski definition) is 1. The van der Waals surface area contributed by atoms with Crippen LogP contribution in [0.25, 0.3) is 0 Å². The SMILES string of the molecule is COC(=O)[C@@H]1C(=O)NC(SCC(=O)N(C(C)C)C(C)C)=C(C#N)[C@@H]1c1ccc(OC)c(Br)c1. The van der Waals surface area contributed by atoms with Crippen LogP contribution in [0.5, 0.6) is 5.75 Å². The average molecular weight is 538 g/mol. The molecule has 1 aromatic rings. The predicted molar refractivity (Wildman–Crippen MR) is 129 cm³/mol. The Morgan fingerprint density at radius 3 is 2.36 bits per heavy atom. The van der Waals surface area contributed by atoms with Gasteiger partial charge in [-0.3, -0.25) is 14.4 Å². The van der Waals surface area contributed by atoms with E-state index in [-0.39, 0.29) is 34.3 Å². The number of rotatable bonds is 8. The Morgan fingerprint density at radius 1 is 1.24 bits per heavy atom. The van der Waals surface area contributed by atoms with E-state index < -0.39 is 23.7 Å². The molecule has 0 saturated heterocycles. The summed E-state index contributed by atoms with van der Waals surface area (Å²) in [5.41, 5.74) is 0.764. The van der Waals surface area contributed by atoms with E-state index in [4.69, 9.17) is 9.47 Å². The number of carbonyl (C=O) groups excluding carboxylic acids is 3. The van der Waals surface area contributed by atoms with Gasteiger partial charge in [0.1, 0.15) is 11.7 Å². The van der Waals surface area contributed by atoms with Gasteiger partial charge in [-0.05, 0) is 61.3 Å². The Morgan fingerprint density at radius 2 is 1.88 bits per heavy atom. The van der Waals surface area contributed by atoms with E-state index in [0.717, 1.165) is 11.8 Å². The molecule has 178 valence electrons. The number of methoxy groups -OCH3 is 2. The summed E-state index contributed by atoms with van der Waals surface area (Å²) in [7, 11) is 2.72. The van der Waals surface area contributed by atoms with Gasteiger partial charge in [0.2, 0.25) is 11.8 Å². The minimum absolute atomic E-state index is 0.0107. The van der Waals surface area contributed by atoms with Gasteiger partial charge < -0.3 is 19.7 Å². The van der Waals surface area contributed by atoms with Crippen molar-refractivity contribution in [2.75, 3.05) is 20.0 Å². The van der Waals surface area contributed by atoms with E-state index in [2.05, 4.69) is 27.3 Å². The highest BCUT2D eigenvalue weighted by Gasteiger charge is 2.44. The van der Waals surface area contributed by atoms with Crippen LogP contribution in [0.2, 0.25) is 0 Å². The minimum atomic E-state index is -1.24. The summed E-state index contributed by atoms with van der Waals surface area (Å²) in [6.07, 6.45) is 0. The fourth-order valence-electron chi connectivity index (χ4n) is 3.94. The van der Waals surface area contributed by atoms with Gasteiger partial charge in [-0.15, -0.1) is 0 Å². The molecule has 1 N–H and O–H groups in total. The van der Waals surface area contributed by atoms with Crippen LogP contribution in [0.15, 0.2) is 33.3 Å². The van der Waals surface area contributed by atoms with E-state index in [0.29, 0.717) is 15.8 Å². The smallest absolute Gasteiger partial charge is 0.319 e. The van der Waals surface area contributed by atoms with Crippen molar-refractivity contribution in [1.82, 2.24) is 10.2 Å². The summed E-state index contributed by atoms with van der Waals surface area (Å²) in [6.45, 7) is 7.74. The van der Waals surface area contributed by atoms with E-state index in [9.17, 15) is 19.6 Å². The molecule has 0 saturated carbocycles. The van der Waals surface area contributed by atoms with Gasteiger partial charge in [0.05, 0.1) is 41.1 Å². The quantitative estimate of drug-likeness (QED) is 0.398. The first-order valence-corrected chi connectivity index (χ1v) is 12.2. The number of benzene rings is 1. The first-order chi connectivity index (χ1) is 15.6. The standard InChI is InChI=1S/C23H28BrN3O5S/c1-12(2)27(13(3)4)18(28)11-33-22-15(10-25)19(20(21(29)26-22)23(30)32-6)14-7-8-17(31-5)16(24)9-14/h7-9,12-13,19-20H,11H2,1-6H3,(H,26,29)/t19-,20-/m0/s1. The Hall–Kier alpha value is -2.51. The second kappa shape index (κ2) is 11.6. The zero-order chi connectivity index (χ0) is 24.9. The van der Waals surface area contributed by atoms with E-state index in [1.807, 2.05) is 27.7 Å². The summed E-state index contributed by atoms with van der Waals surface area (Å²) >= 11 is 4.50. The Labute approximate surface area is 206 Å². The van der Waals surface area contributed by atoms with Crippen LogP contribution >= 0.6 is 27.7 Å². The molecule has 0 fully saturated rings. The van der Waals surface area contributed by atoms with Gasteiger partial charge in [-0.25, -0.2) is 0 Å².